The number of urea groups is 1. The van der Waals surface area contributed by atoms with E-state index in [0.29, 0.717) is 4.90 Å². The smallest absolute Gasteiger partial charge is 0.295 e. The molecule has 1 aromatic rings. The van der Waals surface area contributed by atoms with E-state index in [1.165, 1.54) is 13.1 Å². The Hall–Kier alpha value is -1.55. The summed E-state index contributed by atoms with van der Waals surface area (Å²) in [6.07, 6.45) is -5.85. The zero-order valence-electron chi connectivity index (χ0n) is 13.3. The third kappa shape index (κ3) is 4.06. The molecule has 6 nitrogen and oxygen atoms in total. The highest BCUT2D eigenvalue weighted by molar-refractivity contribution is 6.68. The molecular weight excluding hydrogens is 420 g/mol. The Labute approximate surface area is 161 Å². The number of likely N-dealkylation sites (N-methyl/N-ethyl adjacent to an activating group) is 1. The molecule has 1 unspecified atom stereocenters. The van der Waals surface area contributed by atoms with Crippen LogP contribution in [0.1, 0.15) is 5.56 Å². The summed E-state index contributed by atoms with van der Waals surface area (Å²) < 4.78 is 36.9. The maximum absolute atomic E-state index is 13.0. The highest BCUT2D eigenvalue weighted by atomic mass is 35.6. The van der Waals surface area contributed by atoms with Crippen LogP contribution in [0.4, 0.5) is 23.7 Å². The van der Waals surface area contributed by atoms with Crippen LogP contribution in [0.2, 0.25) is 0 Å². The zero-order chi connectivity index (χ0) is 19.9. The van der Waals surface area contributed by atoms with Gasteiger partial charge in [0.05, 0.1) is 11.3 Å². The lowest BCUT2D eigenvalue weighted by Crippen LogP contribution is -2.40. The van der Waals surface area contributed by atoms with Crippen molar-refractivity contribution in [2.45, 2.75) is 16.1 Å². The summed E-state index contributed by atoms with van der Waals surface area (Å²) in [5.74, 6) is -1.32. The van der Waals surface area contributed by atoms with Crippen LogP contribution in [-0.4, -0.2) is 46.7 Å². The predicted octanol–water partition coefficient (Wildman–Crippen LogP) is 3.42. The minimum atomic E-state index is -4.63. The first-order valence-corrected chi connectivity index (χ1v) is 8.12. The lowest BCUT2D eigenvalue weighted by Gasteiger charge is -2.22. The number of nitrogens with one attached hydrogen (secondary N) is 1. The van der Waals surface area contributed by atoms with Gasteiger partial charge in [-0.05, 0) is 25.2 Å². The Morgan fingerprint density at radius 2 is 1.81 bits per heavy atom. The molecule has 0 saturated carbocycles. The molecule has 1 saturated heterocycles. The standard InChI is InChI=1S/C14H12Cl3F3N4O2/c1-21-11(13(15,16)17)22-9-10(25)23(2)12(26)24(9)8-5-3-4-7(6-8)14(18,19)20/h3-6,11,21H,1-2H3/b22-9-. The normalized spacial score (nSPS) is 18.8. The van der Waals surface area contributed by atoms with Crippen LogP contribution in [0, 0.1) is 0 Å². The second-order valence-electron chi connectivity index (χ2n) is 5.22. The van der Waals surface area contributed by atoms with E-state index in [1.54, 1.807) is 0 Å². The van der Waals surface area contributed by atoms with Crippen molar-refractivity contribution in [3.05, 3.63) is 29.8 Å². The minimum Gasteiger partial charge on any atom is -0.295 e. The van der Waals surface area contributed by atoms with Crippen molar-refractivity contribution in [3.63, 3.8) is 0 Å². The lowest BCUT2D eigenvalue weighted by molar-refractivity contribution is -0.137. The van der Waals surface area contributed by atoms with Gasteiger partial charge in [-0.25, -0.2) is 14.7 Å². The Morgan fingerprint density at radius 3 is 2.31 bits per heavy atom. The second kappa shape index (κ2) is 7.22. The number of hydrogen-bond acceptors (Lipinski definition) is 4. The molecule has 1 N–H and O–H groups in total. The van der Waals surface area contributed by atoms with E-state index >= 15 is 0 Å². The molecule has 26 heavy (non-hydrogen) atoms. The van der Waals surface area contributed by atoms with Gasteiger partial charge in [0.1, 0.15) is 6.17 Å². The van der Waals surface area contributed by atoms with Gasteiger partial charge >= 0.3 is 12.2 Å². The van der Waals surface area contributed by atoms with Gasteiger partial charge in [0, 0.05) is 7.05 Å². The van der Waals surface area contributed by atoms with E-state index in [0.717, 1.165) is 30.1 Å². The van der Waals surface area contributed by atoms with E-state index in [2.05, 4.69) is 10.3 Å². The van der Waals surface area contributed by atoms with Gasteiger partial charge in [-0.3, -0.25) is 15.0 Å². The summed E-state index contributed by atoms with van der Waals surface area (Å²) in [6, 6.07) is 3.02. The van der Waals surface area contributed by atoms with Gasteiger partial charge in [0.15, 0.2) is 0 Å². The molecule has 0 bridgehead atoms. The van der Waals surface area contributed by atoms with Crippen molar-refractivity contribution < 1.29 is 22.8 Å². The van der Waals surface area contributed by atoms with E-state index in [-0.39, 0.29) is 5.69 Å². The monoisotopic (exact) mass is 430 g/mol. The van der Waals surface area contributed by atoms with Crippen LogP contribution in [0.15, 0.2) is 29.3 Å². The molecular formula is C14H12Cl3F3N4O2. The highest BCUT2D eigenvalue weighted by Crippen LogP contribution is 2.34. The summed E-state index contributed by atoms with van der Waals surface area (Å²) in [5.41, 5.74) is -1.18. The van der Waals surface area contributed by atoms with Crippen LogP contribution >= 0.6 is 34.8 Å². The van der Waals surface area contributed by atoms with Crippen molar-refractivity contribution in [2.24, 2.45) is 4.99 Å². The van der Waals surface area contributed by atoms with Crippen molar-refractivity contribution in [3.8, 4) is 0 Å². The van der Waals surface area contributed by atoms with Crippen LogP contribution in [0.25, 0.3) is 0 Å². The van der Waals surface area contributed by atoms with Crippen molar-refractivity contribution in [1.82, 2.24) is 10.2 Å². The Balaban J connectivity index is 2.57. The predicted molar refractivity (Wildman–Crippen MR) is 92.7 cm³/mol. The first kappa shape index (κ1) is 20.8. The fourth-order valence-corrected chi connectivity index (χ4v) is 2.64. The average molecular weight is 432 g/mol. The number of benzene rings is 1. The van der Waals surface area contributed by atoms with Crippen molar-refractivity contribution >= 4 is 58.3 Å². The topological polar surface area (TPSA) is 65.0 Å². The average Bonchev–Trinajstić information content (AvgIpc) is 2.74. The molecule has 0 aliphatic carbocycles. The summed E-state index contributed by atoms with van der Waals surface area (Å²) in [4.78, 5) is 30.0. The van der Waals surface area contributed by atoms with E-state index in [4.69, 9.17) is 34.8 Å². The fourth-order valence-electron chi connectivity index (χ4n) is 2.16. The van der Waals surface area contributed by atoms with Crippen LogP contribution in [-0.2, 0) is 11.0 Å². The minimum absolute atomic E-state index is 0.194. The van der Waals surface area contributed by atoms with Gasteiger partial charge in [-0.1, -0.05) is 40.9 Å². The molecule has 1 heterocycles. The van der Waals surface area contributed by atoms with Gasteiger partial charge in [-0.15, -0.1) is 0 Å². The van der Waals surface area contributed by atoms with Crippen molar-refractivity contribution in [2.75, 3.05) is 19.0 Å². The number of alkyl halides is 6. The van der Waals surface area contributed by atoms with E-state index in [9.17, 15) is 22.8 Å². The number of carbonyl (C=O) groups is 2. The molecule has 12 heteroatoms. The Bertz CT molecular complexity index is 765. The maximum atomic E-state index is 13.0. The Kier molecular flexibility index (Phi) is 5.77. The zero-order valence-corrected chi connectivity index (χ0v) is 15.6. The van der Waals surface area contributed by atoms with E-state index in [1.807, 2.05) is 0 Å². The quantitative estimate of drug-likeness (QED) is 0.589. The molecule has 0 radical (unpaired) electrons. The number of hydrogen-bond donors (Lipinski definition) is 1. The molecule has 1 fully saturated rings. The summed E-state index contributed by atoms with van der Waals surface area (Å²) >= 11 is 17.3. The number of aliphatic imine (C=N–C) groups is 1. The molecule has 0 aromatic heterocycles. The summed E-state index contributed by atoms with van der Waals surface area (Å²) in [7, 11) is 2.56. The largest absolute Gasteiger partial charge is 0.416 e. The number of rotatable bonds is 3. The molecule has 1 aliphatic rings. The number of halogens is 6. The summed E-state index contributed by atoms with van der Waals surface area (Å²) in [6.45, 7) is 0. The molecule has 2 rings (SSSR count). The third-order valence-electron chi connectivity index (χ3n) is 3.45. The van der Waals surface area contributed by atoms with Crippen molar-refractivity contribution in [1.29, 1.82) is 0 Å². The molecule has 0 spiro atoms. The first-order valence-electron chi connectivity index (χ1n) is 6.99. The van der Waals surface area contributed by atoms with E-state index < -0.39 is 39.5 Å². The van der Waals surface area contributed by atoms with Gasteiger partial charge in [0.25, 0.3) is 5.91 Å². The second-order valence-corrected chi connectivity index (χ2v) is 7.58. The number of carbonyl (C=O) groups excluding carboxylic acids is 2. The van der Waals surface area contributed by atoms with Crippen LogP contribution in [0.3, 0.4) is 0 Å². The highest BCUT2D eigenvalue weighted by Gasteiger charge is 2.44. The molecule has 3 amide bonds. The van der Waals surface area contributed by atoms with Crippen LogP contribution < -0.4 is 10.2 Å². The molecule has 1 aliphatic heterocycles. The Morgan fingerprint density at radius 1 is 1.19 bits per heavy atom. The molecule has 1 atom stereocenters. The number of imide groups is 1. The van der Waals surface area contributed by atoms with Gasteiger partial charge in [0.2, 0.25) is 9.63 Å². The number of anilines is 1. The first-order chi connectivity index (χ1) is 11.9. The van der Waals surface area contributed by atoms with Crippen LogP contribution in [0.5, 0.6) is 0 Å². The summed E-state index contributed by atoms with van der Waals surface area (Å²) in [5, 5.41) is 2.55. The molecule has 142 valence electrons. The van der Waals surface area contributed by atoms with Gasteiger partial charge < -0.3 is 0 Å². The number of nitrogens with zero attached hydrogens (tertiary/aromatic N) is 3. The SMILES string of the molecule is CNC(/N=C1/C(=O)N(C)C(=O)N1c1cccc(C(F)(F)F)c1)C(Cl)(Cl)Cl. The fraction of sp³-hybridized carbons (Fsp3) is 0.357. The maximum Gasteiger partial charge on any atom is 0.416 e. The molecule has 1 aromatic carbocycles. The van der Waals surface area contributed by atoms with Gasteiger partial charge in [-0.2, -0.15) is 13.2 Å². The third-order valence-corrected chi connectivity index (χ3v) is 4.07. The number of amidine groups is 1. The lowest BCUT2D eigenvalue weighted by atomic mass is 10.2. The number of amides is 3.